The van der Waals surface area contributed by atoms with Gasteiger partial charge >= 0.3 is 5.97 Å². The Morgan fingerprint density at radius 2 is 2.09 bits per heavy atom. The van der Waals surface area contributed by atoms with Crippen molar-refractivity contribution in [2.24, 2.45) is 11.8 Å². The van der Waals surface area contributed by atoms with Crippen LogP contribution in [0.5, 0.6) is 0 Å². The number of rotatable bonds is 4. The van der Waals surface area contributed by atoms with E-state index in [9.17, 15) is 9.59 Å². The van der Waals surface area contributed by atoms with Crippen LogP contribution in [0.3, 0.4) is 0 Å². The number of carboxylic acid groups (broad SMARTS) is 1. The lowest BCUT2D eigenvalue weighted by Gasteiger charge is -2.31. The molecule has 3 atom stereocenters. The molecular formula is C18H24N2O3. The van der Waals surface area contributed by atoms with Crippen LogP contribution in [0.1, 0.15) is 35.2 Å². The van der Waals surface area contributed by atoms with Crippen LogP contribution in [0.4, 0.5) is 0 Å². The fraction of sp³-hybridized carbons (Fsp3) is 0.556. The van der Waals surface area contributed by atoms with Gasteiger partial charge in [-0.15, -0.1) is 0 Å². The number of hydrogen-bond donors (Lipinski definition) is 1. The number of nitrogens with zero attached hydrogens (tertiary/aromatic N) is 2. The van der Waals surface area contributed by atoms with Crippen LogP contribution < -0.4 is 0 Å². The van der Waals surface area contributed by atoms with Gasteiger partial charge < -0.3 is 10.0 Å². The first-order chi connectivity index (χ1) is 10.9. The fourth-order valence-electron chi connectivity index (χ4n) is 4.07. The highest BCUT2D eigenvalue weighted by molar-refractivity contribution is 5.87. The Bertz CT molecular complexity index is 616. The molecule has 0 radical (unpaired) electrons. The van der Waals surface area contributed by atoms with E-state index in [0.29, 0.717) is 29.9 Å². The molecular weight excluding hydrogens is 292 g/mol. The molecule has 1 aliphatic heterocycles. The summed E-state index contributed by atoms with van der Waals surface area (Å²) in [5.74, 6) is 0.499. The van der Waals surface area contributed by atoms with Crippen LogP contribution in [0.15, 0.2) is 24.3 Å². The van der Waals surface area contributed by atoms with Gasteiger partial charge in [0.15, 0.2) is 0 Å². The summed E-state index contributed by atoms with van der Waals surface area (Å²) in [6.07, 6.45) is 2.87. The summed E-state index contributed by atoms with van der Waals surface area (Å²) in [5, 5.41) is 9.09. The molecule has 1 amide bonds. The van der Waals surface area contributed by atoms with Gasteiger partial charge in [-0.05, 0) is 49.4 Å². The highest BCUT2D eigenvalue weighted by Crippen LogP contribution is 2.40. The highest BCUT2D eigenvalue weighted by Gasteiger charge is 2.41. The van der Waals surface area contributed by atoms with Crippen molar-refractivity contribution >= 4 is 11.9 Å². The summed E-state index contributed by atoms with van der Waals surface area (Å²) in [5.41, 5.74) is 1.36. The number of hydrogen-bond acceptors (Lipinski definition) is 3. The average molecular weight is 316 g/mol. The number of piperidine rings is 1. The standard InChI is InChI=1S/C18H24N2O3/c1-19(10-12-4-3-5-13(6-12)18(22)23)16-7-14-9-17(21)20(2)11-15(14)8-16/h3-6,14-16H,7-11H2,1-2H3,(H,22,23)/t14-,15+,16-/m1/s1. The predicted molar refractivity (Wildman–Crippen MR) is 87.1 cm³/mol. The number of amides is 1. The van der Waals surface area contributed by atoms with Crippen LogP contribution >= 0.6 is 0 Å². The van der Waals surface area contributed by atoms with Gasteiger partial charge in [0.1, 0.15) is 0 Å². The minimum Gasteiger partial charge on any atom is -0.478 e. The third-order valence-corrected chi connectivity index (χ3v) is 5.42. The minimum atomic E-state index is -0.886. The molecule has 1 heterocycles. The lowest BCUT2D eigenvalue weighted by molar-refractivity contribution is -0.134. The summed E-state index contributed by atoms with van der Waals surface area (Å²) >= 11 is 0. The lowest BCUT2D eigenvalue weighted by atomic mass is 9.88. The molecule has 124 valence electrons. The average Bonchev–Trinajstić information content (AvgIpc) is 2.91. The Hall–Kier alpha value is -1.88. The van der Waals surface area contributed by atoms with Crippen molar-refractivity contribution < 1.29 is 14.7 Å². The third-order valence-electron chi connectivity index (χ3n) is 5.42. The normalized spacial score (nSPS) is 27.3. The van der Waals surface area contributed by atoms with E-state index in [1.807, 2.05) is 18.0 Å². The van der Waals surface area contributed by atoms with Crippen molar-refractivity contribution in [3.8, 4) is 0 Å². The lowest BCUT2D eigenvalue weighted by Crippen LogP contribution is -2.39. The number of carbonyl (C=O) groups excluding carboxylic acids is 1. The first-order valence-electron chi connectivity index (χ1n) is 8.20. The maximum atomic E-state index is 11.9. The summed E-state index contributed by atoms with van der Waals surface area (Å²) < 4.78 is 0. The molecule has 2 fully saturated rings. The molecule has 0 spiro atoms. The Labute approximate surface area is 136 Å². The van der Waals surface area contributed by atoms with Crippen LogP contribution in [0, 0.1) is 11.8 Å². The molecule has 0 unspecified atom stereocenters. The number of aromatic carboxylic acids is 1. The smallest absolute Gasteiger partial charge is 0.335 e. The van der Waals surface area contributed by atoms with Gasteiger partial charge in [-0.2, -0.15) is 0 Å². The summed E-state index contributed by atoms with van der Waals surface area (Å²) in [4.78, 5) is 27.1. The number of fused-ring (bicyclic) bond motifs is 1. The molecule has 3 rings (SSSR count). The van der Waals surface area contributed by atoms with E-state index in [1.165, 1.54) is 0 Å². The topological polar surface area (TPSA) is 60.9 Å². The van der Waals surface area contributed by atoms with E-state index in [1.54, 1.807) is 18.2 Å². The summed E-state index contributed by atoms with van der Waals surface area (Å²) in [7, 11) is 3.99. The quantitative estimate of drug-likeness (QED) is 0.924. The zero-order valence-corrected chi connectivity index (χ0v) is 13.7. The van der Waals surface area contributed by atoms with Crippen LogP contribution in [0.25, 0.3) is 0 Å². The van der Waals surface area contributed by atoms with Crippen molar-refractivity contribution in [1.82, 2.24) is 9.80 Å². The zero-order chi connectivity index (χ0) is 16.6. The van der Waals surface area contributed by atoms with Gasteiger partial charge in [0, 0.05) is 32.6 Å². The van der Waals surface area contributed by atoms with E-state index < -0.39 is 5.97 Å². The van der Waals surface area contributed by atoms with Gasteiger partial charge in [-0.1, -0.05) is 12.1 Å². The zero-order valence-electron chi connectivity index (χ0n) is 13.7. The number of carbonyl (C=O) groups is 2. The maximum Gasteiger partial charge on any atom is 0.335 e. The van der Waals surface area contributed by atoms with E-state index >= 15 is 0 Å². The van der Waals surface area contributed by atoms with Crippen LogP contribution in [-0.4, -0.2) is 53.5 Å². The van der Waals surface area contributed by atoms with E-state index in [4.69, 9.17) is 5.11 Å². The summed E-state index contributed by atoms with van der Waals surface area (Å²) in [6, 6.07) is 7.62. The van der Waals surface area contributed by atoms with Gasteiger partial charge in [0.2, 0.25) is 5.91 Å². The predicted octanol–water partition coefficient (Wildman–Crippen LogP) is 2.07. The first-order valence-corrected chi connectivity index (χ1v) is 8.20. The van der Waals surface area contributed by atoms with Gasteiger partial charge in [0.05, 0.1) is 5.56 Å². The van der Waals surface area contributed by atoms with Gasteiger partial charge in [0.25, 0.3) is 0 Å². The van der Waals surface area contributed by atoms with Gasteiger partial charge in [-0.3, -0.25) is 9.69 Å². The van der Waals surface area contributed by atoms with Crippen molar-refractivity contribution in [2.75, 3.05) is 20.6 Å². The van der Waals surface area contributed by atoms with Crippen molar-refractivity contribution in [3.63, 3.8) is 0 Å². The monoisotopic (exact) mass is 316 g/mol. The molecule has 1 saturated carbocycles. The fourth-order valence-corrected chi connectivity index (χ4v) is 4.07. The van der Waals surface area contributed by atoms with Crippen molar-refractivity contribution in [2.45, 2.75) is 31.8 Å². The second-order valence-corrected chi connectivity index (χ2v) is 7.04. The molecule has 1 aliphatic carbocycles. The number of benzene rings is 1. The molecule has 1 aromatic rings. The van der Waals surface area contributed by atoms with Crippen molar-refractivity contribution in [3.05, 3.63) is 35.4 Å². The maximum absolute atomic E-state index is 11.9. The molecule has 2 aliphatic rings. The molecule has 0 aromatic heterocycles. The van der Waals surface area contributed by atoms with Gasteiger partial charge in [-0.25, -0.2) is 4.79 Å². The molecule has 1 N–H and O–H groups in total. The van der Waals surface area contributed by atoms with Crippen molar-refractivity contribution in [1.29, 1.82) is 0 Å². The Morgan fingerprint density at radius 3 is 2.83 bits per heavy atom. The first kappa shape index (κ1) is 16.0. The van der Waals surface area contributed by atoms with E-state index in [0.717, 1.165) is 31.5 Å². The molecule has 23 heavy (non-hydrogen) atoms. The molecule has 0 bridgehead atoms. The highest BCUT2D eigenvalue weighted by atomic mass is 16.4. The minimum absolute atomic E-state index is 0.267. The van der Waals surface area contributed by atoms with E-state index in [-0.39, 0.29) is 5.91 Å². The Balaban J connectivity index is 1.63. The third kappa shape index (κ3) is 3.39. The number of carboxylic acids is 1. The second kappa shape index (κ2) is 6.32. The Morgan fingerprint density at radius 1 is 1.35 bits per heavy atom. The number of likely N-dealkylation sites (tertiary alicyclic amines) is 1. The molecule has 5 nitrogen and oxygen atoms in total. The summed E-state index contributed by atoms with van der Waals surface area (Å²) in [6.45, 7) is 1.62. The largest absolute Gasteiger partial charge is 0.478 e. The van der Waals surface area contributed by atoms with E-state index in [2.05, 4.69) is 11.9 Å². The second-order valence-electron chi connectivity index (χ2n) is 7.04. The SMILES string of the molecule is CN1C[C@@H]2C[C@H](N(C)Cc3cccc(C(=O)O)c3)C[C@@H]2CC1=O. The Kier molecular flexibility index (Phi) is 4.39. The molecule has 5 heteroatoms. The van der Waals surface area contributed by atoms with Crippen LogP contribution in [-0.2, 0) is 11.3 Å². The molecule has 1 saturated heterocycles. The van der Waals surface area contributed by atoms with Crippen LogP contribution in [0.2, 0.25) is 0 Å². The molecule has 1 aromatic carbocycles.